The Labute approximate surface area is 266 Å². The van der Waals surface area contributed by atoms with Crippen molar-refractivity contribution in [2.24, 2.45) is 5.73 Å². The Morgan fingerprint density at radius 1 is 0.783 bits per heavy atom. The molecule has 46 heavy (non-hydrogen) atoms. The highest BCUT2D eigenvalue weighted by molar-refractivity contribution is 7.90. The third-order valence-corrected chi connectivity index (χ3v) is 7.79. The number of aryl methyl sites for hydroxylation is 2. The standard InChI is InChI=1S/C20H18O8.C12H19NO4S/c1-11-3-7-13(8-4-11)15(21)19(27,17(23)24)20(28,18(25)26)16(22)14-9-5-12(2)6-10-14;1-4-17-12-7-9(5-6-11(12)16-2)10(13)8-18(3,14)15/h3-10,27-28H,1-2H3,(H,23,24)(H,25,26);5-7,10H,4,8,13H2,1-3H3/t;10-/m.1/s1. The molecule has 3 rings (SSSR count). The van der Waals surface area contributed by atoms with Crippen molar-refractivity contribution in [1.29, 1.82) is 0 Å². The average molecular weight is 660 g/mol. The molecular weight excluding hydrogens is 622 g/mol. The summed E-state index contributed by atoms with van der Waals surface area (Å²) in [6, 6.07) is 15.0. The Balaban J connectivity index is 0.000000353. The van der Waals surface area contributed by atoms with Crippen LogP contribution in [0.1, 0.15) is 50.4 Å². The van der Waals surface area contributed by atoms with Crippen LogP contribution in [0.25, 0.3) is 0 Å². The fraction of sp³-hybridized carbons (Fsp3) is 0.312. The molecule has 6 N–H and O–H groups in total. The lowest BCUT2D eigenvalue weighted by atomic mass is 9.73. The molecule has 0 heterocycles. The van der Waals surface area contributed by atoms with Gasteiger partial charge in [-0.1, -0.05) is 65.7 Å². The zero-order valence-corrected chi connectivity index (χ0v) is 26.7. The summed E-state index contributed by atoms with van der Waals surface area (Å²) >= 11 is 0. The molecule has 0 amide bonds. The van der Waals surface area contributed by atoms with Crippen molar-refractivity contribution in [2.45, 2.75) is 38.0 Å². The molecule has 0 aliphatic carbocycles. The van der Waals surface area contributed by atoms with Gasteiger partial charge in [0.15, 0.2) is 11.5 Å². The molecular formula is C32H37NO12S. The summed E-state index contributed by atoms with van der Waals surface area (Å²) in [6.07, 6.45) is 1.17. The van der Waals surface area contributed by atoms with Crippen LogP contribution in [0.5, 0.6) is 11.5 Å². The van der Waals surface area contributed by atoms with Gasteiger partial charge < -0.3 is 35.6 Å². The van der Waals surface area contributed by atoms with Crippen LogP contribution in [-0.2, 0) is 19.4 Å². The number of nitrogens with two attached hydrogens (primary N) is 1. The lowest BCUT2D eigenvalue weighted by Crippen LogP contribution is -2.71. The first-order valence-corrected chi connectivity index (χ1v) is 15.8. The highest BCUT2D eigenvalue weighted by Gasteiger charge is 2.69. The Kier molecular flexibility index (Phi) is 12.3. The van der Waals surface area contributed by atoms with Crippen LogP contribution < -0.4 is 15.2 Å². The van der Waals surface area contributed by atoms with Gasteiger partial charge in [-0.2, -0.15) is 0 Å². The van der Waals surface area contributed by atoms with Crippen molar-refractivity contribution in [3.8, 4) is 11.5 Å². The minimum Gasteiger partial charge on any atom is -0.493 e. The number of benzene rings is 3. The number of ketones is 2. The normalized spacial score (nSPS) is 14.3. The fourth-order valence-corrected chi connectivity index (χ4v) is 5.12. The van der Waals surface area contributed by atoms with Crippen LogP contribution in [0.3, 0.4) is 0 Å². The first kappa shape index (κ1) is 37.6. The average Bonchev–Trinajstić information content (AvgIpc) is 2.99. The second-order valence-corrected chi connectivity index (χ2v) is 12.6. The molecule has 0 aliphatic heterocycles. The van der Waals surface area contributed by atoms with Crippen LogP contribution in [0, 0.1) is 13.8 Å². The van der Waals surface area contributed by atoms with E-state index in [1.165, 1.54) is 30.5 Å². The number of carbonyl (C=O) groups is 4. The molecule has 0 bridgehead atoms. The molecule has 0 fully saturated rings. The number of hydrogen-bond donors (Lipinski definition) is 5. The highest BCUT2D eigenvalue weighted by atomic mass is 32.2. The van der Waals surface area contributed by atoms with Crippen molar-refractivity contribution < 1.29 is 57.5 Å². The van der Waals surface area contributed by atoms with E-state index in [9.17, 15) is 48.0 Å². The van der Waals surface area contributed by atoms with Gasteiger partial charge in [0, 0.05) is 23.4 Å². The van der Waals surface area contributed by atoms with Crippen molar-refractivity contribution in [3.05, 3.63) is 94.5 Å². The zero-order chi connectivity index (χ0) is 35.0. The maximum atomic E-state index is 12.8. The summed E-state index contributed by atoms with van der Waals surface area (Å²) < 4.78 is 33.0. The van der Waals surface area contributed by atoms with Gasteiger partial charge in [-0.3, -0.25) is 9.59 Å². The Bertz CT molecular complexity index is 1610. The molecule has 0 aromatic heterocycles. The van der Waals surface area contributed by atoms with Crippen molar-refractivity contribution >= 4 is 33.3 Å². The fourth-order valence-electron chi connectivity index (χ4n) is 4.27. The summed E-state index contributed by atoms with van der Waals surface area (Å²) in [6.45, 7) is 5.74. The van der Waals surface area contributed by atoms with Crippen molar-refractivity contribution in [3.63, 3.8) is 0 Å². The molecule has 0 saturated carbocycles. The summed E-state index contributed by atoms with van der Waals surface area (Å²) in [4.78, 5) is 49.1. The molecule has 3 atom stereocenters. The molecule has 13 nitrogen and oxygen atoms in total. The number of hydrogen-bond acceptors (Lipinski definition) is 11. The van der Waals surface area contributed by atoms with Gasteiger partial charge in [-0.15, -0.1) is 0 Å². The van der Waals surface area contributed by atoms with Crippen LogP contribution in [0.4, 0.5) is 0 Å². The quantitative estimate of drug-likeness (QED) is 0.131. The number of methoxy groups -OCH3 is 1. The summed E-state index contributed by atoms with van der Waals surface area (Å²) in [5, 5.41) is 40.3. The second kappa shape index (κ2) is 15.1. The number of carboxylic acid groups (broad SMARTS) is 2. The van der Waals surface area contributed by atoms with E-state index >= 15 is 0 Å². The Morgan fingerprint density at radius 3 is 1.52 bits per heavy atom. The predicted molar refractivity (Wildman–Crippen MR) is 167 cm³/mol. The predicted octanol–water partition coefficient (Wildman–Crippen LogP) is 2.14. The topological polar surface area (TPSA) is 228 Å². The maximum absolute atomic E-state index is 12.8. The first-order chi connectivity index (χ1) is 21.3. The Morgan fingerprint density at radius 2 is 1.20 bits per heavy atom. The van der Waals surface area contributed by atoms with E-state index in [4.69, 9.17) is 15.2 Å². The van der Waals surface area contributed by atoms with Crippen LogP contribution in [0.15, 0.2) is 66.7 Å². The maximum Gasteiger partial charge on any atom is 0.348 e. The van der Waals surface area contributed by atoms with Gasteiger partial charge >= 0.3 is 11.9 Å². The molecule has 3 aromatic carbocycles. The number of aliphatic carboxylic acids is 2. The van der Waals surface area contributed by atoms with Gasteiger partial charge in [-0.25, -0.2) is 18.0 Å². The number of carboxylic acids is 2. The molecule has 0 radical (unpaired) electrons. The van der Waals surface area contributed by atoms with Crippen LogP contribution >= 0.6 is 0 Å². The van der Waals surface area contributed by atoms with E-state index in [1.807, 2.05) is 6.92 Å². The summed E-state index contributed by atoms with van der Waals surface area (Å²) in [7, 11) is -1.56. The number of carbonyl (C=O) groups excluding carboxylic acids is 2. The van der Waals surface area contributed by atoms with Crippen molar-refractivity contribution in [1.82, 2.24) is 0 Å². The monoisotopic (exact) mass is 659 g/mol. The van der Waals surface area contributed by atoms with Gasteiger partial charge in [0.1, 0.15) is 9.84 Å². The van der Waals surface area contributed by atoms with Crippen LogP contribution in [0.2, 0.25) is 0 Å². The SMILES string of the molecule is CCOc1cc([C@H](N)CS(C)(=O)=O)ccc1OC.Cc1ccc(C(=O)C(O)(C(=O)O)C(O)(C(=O)O)C(=O)c2ccc(C)cc2)cc1. The van der Waals surface area contributed by atoms with E-state index in [0.29, 0.717) is 34.8 Å². The second-order valence-electron chi connectivity index (χ2n) is 10.5. The molecule has 3 aromatic rings. The largest absolute Gasteiger partial charge is 0.493 e. The number of rotatable bonds is 13. The molecule has 0 aliphatic rings. The third-order valence-electron chi connectivity index (χ3n) is 6.83. The lowest BCUT2D eigenvalue weighted by Gasteiger charge is -2.34. The number of aliphatic hydroxyl groups is 2. The minimum absolute atomic E-state index is 0.0924. The molecule has 248 valence electrons. The third kappa shape index (κ3) is 8.34. The molecule has 0 spiro atoms. The summed E-state index contributed by atoms with van der Waals surface area (Å²) in [5.74, 6) is -6.93. The Hall–Kier alpha value is -4.63. The van der Waals surface area contributed by atoms with Crippen LogP contribution in [-0.4, -0.2) is 89.3 Å². The van der Waals surface area contributed by atoms with E-state index in [-0.39, 0.29) is 16.9 Å². The van der Waals surface area contributed by atoms with Crippen molar-refractivity contribution in [2.75, 3.05) is 25.7 Å². The van der Waals surface area contributed by atoms with Gasteiger partial charge in [-0.05, 0) is 38.5 Å². The van der Waals surface area contributed by atoms with E-state index in [2.05, 4.69) is 0 Å². The van der Waals surface area contributed by atoms with E-state index < -0.39 is 50.6 Å². The minimum atomic E-state index is -3.96. The van der Waals surface area contributed by atoms with E-state index in [1.54, 1.807) is 39.2 Å². The molecule has 2 unspecified atom stereocenters. The number of sulfone groups is 1. The highest BCUT2D eigenvalue weighted by Crippen LogP contribution is 2.32. The molecule has 14 heteroatoms. The smallest absolute Gasteiger partial charge is 0.348 e. The lowest BCUT2D eigenvalue weighted by molar-refractivity contribution is -0.187. The number of ether oxygens (including phenoxy) is 2. The van der Waals surface area contributed by atoms with E-state index in [0.717, 1.165) is 24.3 Å². The van der Waals surface area contributed by atoms with Gasteiger partial charge in [0.05, 0.1) is 19.5 Å². The summed E-state index contributed by atoms with van der Waals surface area (Å²) in [5.41, 5.74) is -0.699. The van der Waals surface area contributed by atoms with Gasteiger partial charge in [0.25, 0.3) is 11.2 Å². The zero-order valence-electron chi connectivity index (χ0n) is 25.9. The number of Topliss-reactive ketones (excluding diaryl/α,β-unsaturated/α-hetero) is 2. The molecule has 0 saturated heterocycles. The van der Waals surface area contributed by atoms with Gasteiger partial charge in [0.2, 0.25) is 11.6 Å². The first-order valence-electron chi connectivity index (χ1n) is 13.7.